The molecule has 4 nitrogen and oxygen atoms in total. The fraction of sp³-hybridized carbons (Fsp3) is 0.125. The van der Waals surface area contributed by atoms with E-state index in [1.165, 1.54) is 13.2 Å². The number of benzene rings is 1. The summed E-state index contributed by atoms with van der Waals surface area (Å²) >= 11 is 6.22. The maximum absolute atomic E-state index is 11.2. The molecule has 1 aromatic carbocycles. The van der Waals surface area contributed by atoms with Crippen molar-refractivity contribution >= 4 is 43.5 Å². The van der Waals surface area contributed by atoms with Crippen molar-refractivity contribution in [3.05, 3.63) is 20.6 Å². The van der Waals surface area contributed by atoms with Crippen LogP contribution in [0.25, 0.3) is 0 Å². The quantitative estimate of drug-likeness (QED) is 0.614. The average molecular weight is 325 g/mol. The van der Waals surface area contributed by atoms with Crippen molar-refractivity contribution in [2.75, 3.05) is 12.8 Å². The fourth-order valence-electron chi connectivity index (χ4n) is 0.889. The van der Waals surface area contributed by atoms with E-state index in [9.17, 15) is 9.90 Å². The monoisotopic (exact) mass is 323 g/mol. The highest BCUT2D eigenvalue weighted by atomic mass is 79.9. The van der Waals surface area contributed by atoms with E-state index < -0.39 is 5.97 Å². The number of esters is 1. The van der Waals surface area contributed by atoms with Gasteiger partial charge >= 0.3 is 5.97 Å². The number of aromatic hydroxyl groups is 1. The van der Waals surface area contributed by atoms with Gasteiger partial charge in [0, 0.05) is 4.47 Å². The molecular formula is C8H7Br2NO3. The van der Waals surface area contributed by atoms with E-state index in [-0.39, 0.29) is 15.8 Å². The number of anilines is 1. The molecule has 3 N–H and O–H groups in total. The van der Waals surface area contributed by atoms with Gasteiger partial charge in [0.05, 0.1) is 17.3 Å². The number of phenols is 1. The molecule has 0 atom stereocenters. The van der Waals surface area contributed by atoms with Crippen LogP contribution in [0.1, 0.15) is 10.4 Å². The first-order valence-corrected chi connectivity index (χ1v) is 5.12. The van der Waals surface area contributed by atoms with Crippen molar-refractivity contribution in [3.63, 3.8) is 0 Å². The molecule has 0 saturated carbocycles. The van der Waals surface area contributed by atoms with Crippen molar-refractivity contribution in [2.24, 2.45) is 0 Å². The Bertz CT molecular complexity index is 393. The van der Waals surface area contributed by atoms with Gasteiger partial charge in [0.2, 0.25) is 0 Å². The van der Waals surface area contributed by atoms with Gasteiger partial charge in [0.1, 0.15) is 11.3 Å². The number of halogens is 2. The van der Waals surface area contributed by atoms with Crippen LogP contribution in [0, 0.1) is 0 Å². The van der Waals surface area contributed by atoms with Gasteiger partial charge in [-0.2, -0.15) is 0 Å². The Morgan fingerprint density at radius 3 is 2.64 bits per heavy atom. The third-order valence-electron chi connectivity index (χ3n) is 1.63. The summed E-state index contributed by atoms with van der Waals surface area (Å²) in [6.45, 7) is 0. The molecule has 0 fully saturated rings. The standard InChI is InChI=1S/C8H7Br2NO3/c1-14-8(13)3-2-4(9)6(11)5(10)7(3)12/h2,12H,11H2,1H3. The van der Waals surface area contributed by atoms with Crippen LogP contribution in [0.4, 0.5) is 5.69 Å². The summed E-state index contributed by atoms with van der Waals surface area (Å²) in [6, 6.07) is 1.40. The largest absolute Gasteiger partial charge is 0.506 e. The second kappa shape index (κ2) is 4.18. The first-order chi connectivity index (χ1) is 6.49. The number of carbonyl (C=O) groups is 1. The van der Waals surface area contributed by atoms with Gasteiger partial charge in [0.15, 0.2) is 0 Å². The molecule has 0 aliphatic carbocycles. The van der Waals surface area contributed by atoms with Gasteiger partial charge in [-0.25, -0.2) is 4.79 Å². The van der Waals surface area contributed by atoms with Crippen molar-refractivity contribution in [3.8, 4) is 5.75 Å². The van der Waals surface area contributed by atoms with Crippen molar-refractivity contribution in [1.29, 1.82) is 0 Å². The summed E-state index contributed by atoms with van der Waals surface area (Å²) in [7, 11) is 1.24. The van der Waals surface area contributed by atoms with Crippen LogP contribution in [0.3, 0.4) is 0 Å². The highest BCUT2D eigenvalue weighted by Gasteiger charge is 2.18. The fourth-order valence-corrected chi connectivity index (χ4v) is 2.01. The van der Waals surface area contributed by atoms with Crippen molar-refractivity contribution in [1.82, 2.24) is 0 Å². The Kier molecular flexibility index (Phi) is 3.38. The number of nitrogen functional groups attached to an aromatic ring is 1. The van der Waals surface area contributed by atoms with Crippen LogP contribution in [0.2, 0.25) is 0 Å². The van der Waals surface area contributed by atoms with Gasteiger partial charge in [0.25, 0.3) is 0 Å². The van der Waals surface area contributed by atoms with Crippen LogP contribution < -0.4 is 5.73 Å². The summed E-state index contributed by atoms with van der Waals surface area (Å²) in [5, 5.41) is 9.56. The number of hydrogen-bond donors (Lipinski definition) is 2. The molecule has 1 rings (SSSR count). The molecule has 0 spiro atoms. The van der Waals surface area contributed by atoms with E-state index in [0.717, 1.165) is 0 Å². The summed E-state index contributed by atoms with van der Waals surface area (Å²) < 4.78 is 5.27. The number of carbonyl (C=O) groups excluding carboxylic acids is 1. The van der Waals surface area contributed by atoms with Gasteiger partial charge in [-0.05, 0) is 37.9 Å². The first kappa shape index (κ1) is 11.3. The molecule has 76 valence electrons. The van der Waals surface area contributed by atoms with Gasteiger partial charge in [-0.3, -0.25) is 0 Å². The van der Waals surface area contributed by atoms with E-state index in [0.29, 0.717) is 10.2 Å². The SMILES string of the molecule is COC(=O)c1cc(Br)c(N)c(Br)c1O. The Labute approximate surface area is 97.3 Å². The Balaban J connectivity index is 3.40. The lowest BCUT2D eigenvalue weighted by atomic mass is 10.2. The van der Waals surface area contributed by atoms with E-state index in [1.807, 2.05) is 0 Å². The smallest absolute Gasteiger partial charge is 0.341 e. The molecule has 0 amide bonds. The zero-order valence-electron chi connectivity index (χ0n) is 7.17. The number of ether oxygens (including phenoxy) is 1. The number of methoxy groups -OCH3 is 1. The minimum Gasteiger partial charge on any atom is -0.506 e. The molecule has 14 heavy (non-hydrogen) atoms. The first-order valence-electron chi connectivity index (χ1n) is 3.53. The highest BCUT2D eigenvalue weighted by Crippen LogP contribution is 2.38. The zero-order valence-corrected chi connectivity index (χ0v) is 10.3. The summed E-state index contributed by atoms with van der Waals surface area (Å²) in [5.41, 5.74) is 5.97. The lowest BCUT2D eigenvalue weighted by molar-refractivity contribution is 0.0597. The number of rotatable bonds is 1. The van der Waals surface area contributed by atoms with Crippen molar-refractivity contribution < 1.29 is 14.6 Å². The summed E-state index contributed by atoms with van der Waals surface area (Å²) in [4.78, 5) is 11.2. The highest BCUT2D eigenvalue weighted by molar-refractivity contribution is 9.11. The predicted molar refractivity (Wildman–Crippen MR) is 59.3 cm³/mol. The topological polar surface area (TPSA) is 72.5 Å². The van der Waals surface area contributed by atoms with Crippen LogP contribution in [0.5, 0.6) is 5.75 Å². The van der Waals surface area contributed by atoms with E-state index in [4.69, 9.17) is 5.73 Å². The number of nitrogens with two attached hydrogens (primary N) is 1. The molecule has 0 bridgehead atoms. The molecule has 1 aromatic rings. The van der Waals surface area contributed by atoms with Gasteiger partial charge < -0.3 is 15.6 Å². The predicted octanol–water partition coefficient (Wildman–Crippen LogP) is 2.29. The van der Waals surface area contributed by atoms with Crippen molar-refractivity contribution in [2.45, 2.75) is 0 Å². The Morgan fingerprint density at radius 2 is 2.14 bits per heavy atom. The van der Waals surface area contributed by atoms with Gasteiger partial charge in [-0.1, -0.05) is 0 Å². The molecule has 0 unspecified atom stereocenters. The maximum Gasteiger partial charge on any atom is 0.341 e. The van der Waals surface area contributed by atoms with Crippen LogP contribution in [0.15, 0.2) is 15.0 Å². The molecule has 0 aliphatic heterocycles. The molecule has 0 radical (unpaired) electrons. The average Bonchev–Trinajstić information content (AvgIpc) is 2.19. The zero-order chi connectivity index (χ0) is 10.9. The second-order valence-corrected chi connectivity index (χ2v) is 4.12. The van der Waals surface area contributed by atoms with Crippen LogP contribution >= 0.6 is 31.9 Å². The second-order valence-electron chi connectivity index (χ2n) is 2.47. The third-order valence-corrected chi connectivity index (χ3v) is 3.09. The van der Waals surface area contributed by atoms with E-state index in [2.05, 4.69) is 36.6 Å². The van der Waals surface area contributed by atoms with Crippen LogP contribution in [-0.2, 0) is 4.74 Å². The van der Waals surface area contributed by atoms with E-state index in [1.54, 1.807) is 0 Å². The maximum atomic E-state index is 11.2. The van der Waals surface area contributed by atoms with Gasteiger partial charge in [-0.15, -0.1) is 0 Å². The third kappa shape index (κ3) is 1.85. The lowest BCUT2D eigenvalue weighted by Crippen LogP contribution is -2.03. The normalized spacial score (nSPS) is 9.93. The minimum absolute atomic E-state index is 0.0560. The molecule has 0 saturated heterocycles. The summed E-state index contributed by atoms with van der Waals surface area (Å²) in [5.74, 6) is -0.846. The molecule has 0 heterocycles. The lowest BCUT2D eigenvalue weighted by Gasteiger charge is -2.08. The summed E-state index contributed by atoms with van der Waals surface area (Å²) in [6.07, 6.45) is 0. The Hall–Kier alpha value is -0.750. The molecule has 0 aromatic heterocycles. The Morgan fingerprint density at radius 1 is 1.57 bits per heavy atom. The number of hydrogen-bond acceptors (Lipinski definition) is 4. The number of phenolic OH excluding ortho intramolecular Hbond substituents is 1. The van der Waals surface area contributed by atoms with Crippen LogP contribution in [-0.4, -0.2) is 18.2 Å². The molecular weight excluding hydrogens is 318 g/mol. The molecule has 0 aliphatic rings. The molecule has 6 heteroatoms. The van der Waals surface area contributed by atoms with E-state index >= 15 is 0 Å². The minimum atomic E-state index is -0.621.